The molecule has 0 saturated carbocycles. The fourth-order valence-corrected chi connectivity index (χ4v) is 1.79. The normalized spacial score (nSPS) is 16.9. The second-order valence-electron chi connectivity index (χ2n) is 3.37. The molecule has 0 unspecified atom stereocenters. The summed E-state index contributed by atoms with van der Waals surface area (Å²) in [6, 6.07) is 0. The van der Waals surface area contributed by atoms with Crippen LogP contribution in [0.25, 0.3) is 0 Å². The topological polar surface area (TPSA) is 47.1 Å². The molecule has 4 nitrogen and oxygen atoms in total. The highest BCUT2D eigenvalue weighted by Gasteiger charge is 2.23. The third-order valence-corrected chi connectivity index (χ3v) is 2.40. The average molecular weight is 166 g/mol. The zero-order valence-corrected chi connectivity index (χ0v) is 7.54. The van der Waals surface area contributed by atoms with E-state index in [1.807, 2.05) is 11.7 Å². The van der Waals surface area contributed by atoms with E-state index in [9.17, 15) is 0 Å². The van der Waals surface area contributed by atoms with E-state index in [-0.39, 0.29) is 0 Å². The second kappa shape index (κ2) is 2.57. The molecule has 0 bridgehead atoms. The maximum atomic E-state index is 5.59. The predicted molar refractivity (Wildman–Crippen MR) is 46.3 cm³/mol. The molecule has 1 aromatic heterocycles. The van der Waals surface area contributed by atoms with E-state index in [1.54, 1.807) is 0 Å². The highest BCUT2D eigenvalue weighted by Crippen LogP contribution is 2.23. The zero-order chi connectivity index (χ0) is 8.72. The lowest BCUT2D eigenvalue weighted by atomic mass is 10.2. The van der Waals surface area contributed by atoms with Crippen molar-refractivity contribution >= 4 is 0 Å². The largest absolute Gasteiger partial charge is 0.325 e. The first-order chi connectivity index (χ1) is 5.72. The van der Waals surface area contributed by atoms with Crippen LogP contribution in [0.1, 0.15) is 17.0 Å². The van der Waals surface area contributed by atoms with Gasteiger partial charge in [-0.1, -0.05) is 0 Å². The maximum absolute atomic E-state index is 5.59. The molecule has 0 spiro atoms. The van der Waals surface area contributed by atoms with E-state index in [2.05, 4.69) is 17.0 Å². The van der Waals surface area contributed by atoms with Crippen LogP contribution < -0.4 is 5.73 Å². The Morgan fingerprint density at radius 2 is 2.17 bits per heavy atom. The lowest BCUT2D eigenvalue weighted by Crippen LogP contribution is -2.12. The third kappa shape index (κ3) is 0.956. The Bertz CT molecular complexity index is 302. The Morgan fingerprint density at radius 1 is 1.42 bits per heavy atom. The minimum absolute atomic E-state index is 0.553. The summed E-state index contributed by atoms with van der Waals surface area (Å²) in [5.74, 6) is 0. The molecule has 0 aliphatic carbocycles. The highest BCUT2D eigenvalue weighted by atomic mass is 15.3. The summed E-state index contributed by atoms with van der Waals surface area (Å²) in [6.07, 6.45) is 0. The first-order valence-corrected chi connectivity index (χ1v) is 4.14. The van der Waals surface area contributed by atoms with Gasteiger partial charge in [-0.05, 0) is 7.05 Å². The molecule has 2 heterocycles. The van der Waals surface area contributed by atoms with Gasteiger partial charge in [-0.15, -0.1) is 0 Å². The minimum atomic E-state index is 0.553. The molecule has 0 fully saturated rings. The summed E-state index contributed by atoms with van der Waals surface area (Å²) < 4.78 is 1.95. The van der Waals surface area contributed by atoms with Crippen molar-refractivity contribution in [1.29, 1.82) is 0 Å². The number of aromatic nitrogens is 2. The van der Waals surface area contributed by atoms with Crippen LogP contribution in [-0.2, 0) is 26.7 Å². The molecule has 2 rings (SSSR count). The van der Waals surface area contributed by atoms with Crippen LogP contribution in [0.3, 0.4) is 0 Å². The van der Waals surface area contributed by atoms with Crippen molar-refractivity contribution in [2.45, 2.75) is 19.6 Å². The first-order valence-electron chi connectivity index (χ1n) is 4.14. The average Bonchev–Trinajstić information content (AvgIpc) is 2.52. The number of nitrogens with two attached hydrogens (primary N) is 1. The van der Waals surface area contributed by atoms with Gasteiger partial charge >= 0.3 is 0 Å². The summed E-state index contributed by atoms with van der Waals surface area (Å²) in [5.41, 5.74) is 9.29. The molecule has 66 valence electrons. The fraction of sp³-hybridized carbons (Fsp3) is 0.625. The van der Waals surface area contributed by atoms with E-state index in [0.717, 1.165) is 18.8 Å². The molecule has 12 heavy (non-hydrogen) atoms. The van der Waals surface area contributed by atoms with Crippen molar-refractivity contribution in [2.24, 2.45) is 12.8 Å². The Kier molecular flexibility index (Phi) is 1.66. The Hall–Kier alpha value is -0.870. The van der Waals surface area contributed by atoms with Gasteiger partial charge in [-0.25, -0.2) is 0 Å². The fourth-order valence-electron chi connectivity index (χ4n) is 1.79. The van der Waals surface area contributed by atoms with Crippen molar-refractivity contribution in [1.82, 2.24) is 14.7 Å². The summed E-state index contributed by atoms with van der Waals surface area (Å²) in [7, 11) is 4.09. The zero-order valence-electron chi connectivity index (χ0n) is 7.54. The summed E-state index contributed by atoms with van der Waals surface area (Å²) in [5, 5.41) is 4.35. The van der Waals surface area contributed by atoms with E-state index >= 15 is 0 Å². The Labute approximate surface area is 72.0 Å². The van der Waals surface area contributed by atoms with Crippen LogP contribution in [0.5, 0.6) is 0 Å². The van der Waals surface area contributed by atoms with Crippen LogP contribution in [-0.4, -0.2) is 21.7 Å². The van der Waals surface area contributed by atoms with Crippen LogP contribution >= 0.6 is 0 Å². The Morgan fingerprint density at radius 3 is 2.83 bits per heavy atom. The van der Waals surface area contributed by atoms with Gasteiger partial charge in [0.1, 0.15) is 0 Å². The van der Waals surface area contributed by atoms with Crippen LogP contribution in [0.2, 0.25) is 0 Å². The molecule has 0 radical (unpaired) electrons. The van der Waals surface area contributed by atoms with Crippen molar-refractivity contribution in [3.8, 4) is 0 Å². The minimum Gasteiger partial charge on any atom is -0.325 e. The number of rotatable bonds is 1. The van der Waals surface area contributed by atoms with Gasteiger partial charge in [-0.2, -0.15) is 5.10 Å². The molecule has 0 aromatic carbocycles. The monoisotopic (exact) mass is 166 g/mol. The standard InChI is InChI=1S/C8H14N4/c1-11-4-6-7(3-9)10-12(2)8(6)5-11/h3-5,9H2,1-2H3. The SMILES string of the molecule is CN1Cc2c(CN)nn(C)c2C1. The number of hydrogen-bond donors (Lipinski definition) is 1. The third-order valence-electron chi connectivity index (χ3n) is 2.40. The molecule has 1 aliphatic rings. The predicted octanol–water partition coefficient (Wildman–Crippen LogP) is -0.176. The number of nitrogens with zero attached hydrogens (tertiary/aromatic N) is 3. The van der Waals surface area contributed by atoms with Gasteiger partial charge in [-0.3, -0.25) is 9.58 Å². The molecule has 0 saturated heterocycles. The van der Waals surface area contributed by atoms with Crippen LogP contribution in [0.4, 0.5) is 0 Å². The van der Waals surface area contributed by atoms with Crippen molar-refractivity contribution < 1.29 is 0 Å². The van der Waals surface area contributed by atoms with Gasteiger partial charge in [0.15, 0.2) is 0 Å². The van der Waals surface area contributed by atoms with Gasteiger partial charge in [0.25, 0.3) is 0 Å². The molecule has 0 amide bonds. The quantitative estimate of drug-likeness (QED) is 0.629. The second-order valence-corrected chi connectivity index (χ2v) is 3.37. The van der Waals surface area contributed by atoms with Crippen molar-refractivity contribution in [3.05, 3.63) is 17.0 Å². The van der Waals surface area contributed by atoms with E-state index in [4.69, 9.17) is 5.73 Å². The van der Waals surface area contributed by atoms with E-state index < -0.39 is 0 Å². The number of aryl methyl sites for hydroxylation is 1. The molecule has 0 atom stereocenters. The lowest BCUT2D eigenvalue weighted by molar-refractivity contribution is 0.342. The first kappa shape index (κ1) is 7.76. The van der Waals surface area contributed by atoms with Gasteiger partial charge in [0, 0.05) is 32.2 Å². The van der Waals surface area contributed by atoms with Gasteiger partial charge in [0.2, 0.25) is 0 Å². The smallest absolute Gasteiger partial charge is 0.0808 e. The van der Waals surface area contributed by atoms with Crippen molar-refractivity contribution in [2.75, 3.05) is 7.05 Å². The lowest BCUT2D eigenvalue weighted by Gasteiger charge is -2.06. The summed E-state index contributed by atoms with van der Waals surface area (Å²) in [6.45, 7) is 2.55. The molecule has 1 aliphatic heterocycles. The van der Waals surface area contributed by atoms with Gasteiger partial charge < -0.3 is 5.73 Å². The van der Waals surface area contributed by atoms with Gasteiger partial charge in [0.05, 0.1) is 11.4 Å². The van der Waals surface area contributed by atoms with E-state index in [0.29, 0.717) is 6.54 Å². The summed E-state index contributed by atoms with van der Waals surface area (Å²) in [4.78, 5) is 2.27. The van der Waals surface area contributed by atoms with Crippen LogP contribution in [0, 0.1) is 0 Å². The molecular formula is C8H14N4. The summed E-state index contributed by atoms with van der Waals surface area (Å²) >= 11 is 0. The maximum Gasteiger partial charge on any atom is 0.0808 e. The van der Waals surface area contributed by atoms with E-state index in [1.165, 1.54) is 11.3 Å². The number of hydrogen-bond acceptors (Lipinski definition) is 3. The molecule has 2 N–H and O–H groups in total. The number of fused-ring (bicyclic) bond motifs is 1. The highest BCUT2D eigenvalue weighted by molar-refractivity contribution is 5.29. The van der Waals surface area contributed by atoms with Crippen LogP contribution in [0.15, 0.2) is 0 Å². The molecule has 1 aromatic rings. The molecule has 4 heteroatoms. The van der Waals surface area contributed by atoms with Crippen molar-refractivity contribution in [3.63, 3.8) is 0 Å². The Balaban J connectivity index is 2.45. The molecular weight excluding hydrogens is 152 g/mol.